The molecule has 4 nitrogen and oxygen atoms in total. The summed E-state index contributed by atoms with van der Waals surface area (Å²) in [6, 6.07) is 7.65. The van der Waals surface area contributed by atoms with E-state index in [1.807, 2.05) is 18.2 Å². The molecule has 1 unspecified atom stereocenters. The fourth-order valence-electron chi connectivity index (χ4n) is 3.09. The first kappa shape index (κ1) is 14.9. The molecule has 0 bridgehead atoms. The summed E-state index contributed by atoms with van der Waals surface area (Å²) >= 11 is 0. The highest BCUT2D eigenvalue weighted by Crippen LogP contribution is 2.44. The summed E-state index contributed by atoms with van der Waals surface area (Å²) in [6.07, 6.45) is 4.53. The SMILES string of the molecule is COc1ccccc1C1(CNC(=O)C(C)N)CCCC1. The largest absolute Gasteiger partial charge is 0.496 e. The average molecular weight is 276 g/mol. The summed E-state index contributed by atoms with van der Waals surface area (Å²) in [5.41, 5.74) is 6.80. The normalized spacial score (nSPS) is 18.6. The van der Waals surface area contributed by atoms with Crippen molar-refractivity contribution in [2.75, 3.05) is 13.7 Å². The first-order valence-electron chi connectivity index (χ1n) is 7.26. The smallest absolute Gasteiger partial charge is 0.236 e. The second-order valence-electron chi connectivity index (χ2n) is 5.69. The van der Waals surface area contributed by atoms with Gasteiger partial charge in [0.05, 0.1) is 13.2 Å². The Balaban J connectivity index is 2.23. The molecular weight excluding hydrogens is 252 g/mol. The first-order chi connectivity index (χ1) is 9.59. The molecule has 0 aliphatic heterocycles. The van der Waals surface area contributed by atoms with Gasteiger partial charge in [-0.2, -0.15) is 0 Å². The fraction of sp³-hybridized carbons (Fsp3) is 0.562. The van der Waals surface area contributed by atoms with Crippen molar-refractivity contribution >= 4 is 5.91 Å². The van der Waals surface area contributed by atoms with E-state index >= 15 is 0 Å². The third kappa shape index (κ3) is 2.96. The second-order valence-corrected chi connectivity index (χ2v) is 5.69. The maximum absolute atomic E-state index is 11.8. The number of nitrogens with one attached hydrogen (secondary N) is 1. The lowest BCUT2D eigenvalue weighted by Gasteiger charge is -2.31. The van der Waals surface area contributed by atoms with E-state index in [9.17, 15) is 4.79 Å². The Morgan fingerprint density at radius 1 is 1.40 bits per heavy atom. The van der Waals surface area contributed by atoms with Gasteiger partial charge in [-0.25, -0.2) is 0 Å². The van der Waals surface area contributed by atoms with Crippen LogP contribution in [-0.2, 0) is 10.2 Å². The zero-order valence-electron chi connectivity index (χ0n) is 12.3. The highest BCUT2D eigenvalue weighted by molar-refractivity contribution is 5.81. The van der Waals surface area contributed by atoms with Gasteiger partial charge in [0.1, 0.15) is 5.75 Å². The molecular formula is C16H24N2O2. The van der Waals surface area contributed by atoms with E-state index in [2.05, 4.69) is 11.4 Å². The van der Waals surface area contributed by atoms with Crippen LogP contribution in [0.3, 0.4) is 0 Å². The number of nitrogens with two attached hydrogens (primary N) is 1. The first-order valence-corrected chi connectivity index (χ1v) is 7.26. The van der Waals surface area contributed by atoms with Gasteiger partial charge in [-0.1, -0.05) is 31.0 Å². The van der Waals surface area contributed by atoms with Crippen LogP contribution in [0, 0.1) is 0 Å². The van der Waals surface area contributed by atoms with E-state index in [0.717, 1.165) is 18.6 Å². The number of para-hydroxylation sites is 1. The quantitative estimate of drug-likeness (QED) is 0.864. The molecule has 0 heterocycles. The minimum Gasteiger partial charge on any atom is -0.496 e. The molecule has 1 aromatic rings. The van der Waals surface area contributed by atoms with Gasteiger partial charge in [-0.05, 0) is 25.8 Å². The molecule has 0 saturated heterocycles. The van der Waals surface area contributed by atoms with Crippen LogP contribution in [0.25, 0.3) is 0 Å². The highest BCUT2D eigenvalue weighted by Gasteiger charge is 2.38. The van der Waals surface area contributed by atoms with Gasteiger partial charge in [0.15, 0.2) is 0 Å². The number of amides is 1. The lowest BCUT2D eigenvalue weighted by Crippen LogP contribution is -2.45. The van der Waals surface area contributed by atoms with E-state index in [-0.39, 0.29) is 11.3 Å². The molecule has 3 N–H and O–H groups in total. The van der Waals surface area contributed by atoms with Gasteiger partial charge < -0.3 is 15.8 Å². The number of rotatable bonds is 5. The molecule has 1 fully saturated rings. The minimum absolute atomic E-state index is 0.0167. The molecule has 1 amide bonds. The van der Waals surface area contributed by atoms with Crippen LogP contribution in [0.1, 0.15) is 38.2 Å². The highest BCUT2D eigenvalue weighted by atomic mass is 16.5. The molecule has 2 rings (SSSR count). The Morgan fingerprint density at radius 2 is 2.05 bits per heavy atom. The second kappa shape index (κ2) is 6.27. The molecule has 0 spiro atoms. The molecule has 1 saturated carbocycles. The molecule has 0 aromatic heterocycles. The van der Waals surface area contributed by atoms with E-state index < -0.39 is 6.04 Å². The lowest BCUT2D eigenvalue weighted by atomic mass is 9.78. The molecule has 1 aromatic carbocycles. The van der Waals surface area contributed by atoms with Crippen LogP contribution >= 0.6 is 0 Å². The van der Waals surface area contributed by atoms with Crippen molar-refractivity contribution in [1.82, 2.24) is 5.32 Å². The van der Waals surface area contributed by atoms with Crippen molar-refractivity contribution in [3.8, 4) is 5.75 Å². The Kier molecular flexibility index (Phi) is 4.65. The van der Waals surface area contributed by atoms with Gasteiger partial charge >= 0.3 is 0 Å². The van der Waals surface area contributed by atoms with E-state index in [1.165, 1.54) is 18.4 Å². The van der Waals surface area contributed by atoms with Crippen LogP contribution in [0.4, 0.5) is 0 Å². The zero-order chi connectivity index (χ0) is 14.6. The number of methoxy groups -OCH3 is 1. The number of benzene rings is 1. The molecule has 1 aliphatic carbocycles. The Morgan fingerprint density at radius 3 is 2.65 bits per heavy atom. The molecule has 4 heteroatoms. The lowest BCUT2D eigenvalue weighted by molar-refractivity contribution is -0.122. The standard InChI is InChI=1S/C16H24N2O2/c1-12(17)15(19)18-11-16(9-5-6-10-16)13-7-3-4-8-14(13)20-2/h3-4,7-8,12H,5-6,9-11,17H2,1-2H3,(H,18,19). The van der Waals surface area contributed by atoms with Crippen molar-refractivity contribution < 1.29 is 9.53 Å². The zero-order valence-corrected chi connectivity index (χ0v) is 12.3. The van der Waals surface area contributed by atoms with Gasteiger partial charge in [-0.3, -0.25) is 4.79 Å². The van der Waals surface area contributed by atoms with Crippen molar-refractivity contribution in [3.63, 3.8) is 0 Å². The van der Waals surface area contributed by atoms with Crippen LogP contribution < -0.4 is 15.8 Å². The van der Waals surface area contributed by atoms with Crippen molar-refractivity contribution in [1.29, 1.82) is 0 Å². The topological polar surface area (TPSA) is 64.3 Å². The maximum Gasteiger partial charge on any atom is 0.236 e. The molecule has 20 heavy (non-hydrogen) atoms. The monoisotopic (exact) mass is 276 g/mol. The summed E-state index contributed by atoms with van der Waals surface area (Å²) < 4.78 is 5.50. The summed E-state index contributed by atoms with van der Waals surface area (Å²) in [5.74, 6) is 0.815. The van der Waals surface area contributed by atoms with Gasteiger partial charge in [0, 0.05) is 17.5 Å². The predicted octanol–water partition coefficient (Wildman–Crippen LogP) is 1.97. The number of hydrogen-bond acceptors (Lipinski definition) is 3. The minimum atomic E-state index is -0.467. The number of hydrogen-bond donors (Lipinski definition) is 2. The van der Waals surface area contributed by atoms with Gasteiger partial charge in [0.2, 0.25) is 5.91 Å². The summed E-state index contributed by atoms with van der Waals surface area (Å²) in [7, 11) is 1.70. The van der Waals surface area contributed by atoms with Crippen LogP contribution in [0.5, 0.6) is 5.75 Å². The van der Waals surface area contributed by atoms with Gasteiger partial charge in [0.25, 0.3) is 0 Å². The summed E-state index contributed by atoms with van der Waals surface area (Å²) in [6.45, 7) is 2.34. The number of ether oxygens (including phenoxy) is 1. The maximum atomic E-state index is 11.8. The molecule has 110 valence electrons. The molecule has 1 aliphatic rings. The fourth-order valence-corrected chi connectivity index (χ4v) is 3.09. The average Bonchev–Trinajstić information content (AvgIpc) is 2.94. The molecule has 0 radical (unpaired) electrons. The van der Waals surface area contributed by atoms with Crippen molar-refractivity contribution in [3.05, 3.63) is 29.8 Å². The Bertz CT molecular complexity index is 465. The predicted molar refractivity (Wildman–Crippen MR) is 79.8 cm³/mol. The number of carbonyl (C=O) groups excluding carboxylic acids is 1. The molecule has 1 atom stereocenters. The summed E-state index contributed by atoms with van der Waals surface area (Å²) in [4.78, 5) is 11.8. The van der Waals surface area contributed by atoms with Crippen LogP contribution in [0.2, 0.25) is 0 Å². The van der Waals surface area contributed by atoms with E-state index in [1.54, 1.807) is 14.0 Å². The number of carbonyl (C=O) groups is 1. The van der Waals surface area contributed by atoms with Crippen molar-refractivity contribution in [2.45, 2.75) is 44.1 Å². The van der Waals surface area contributed by atoms with Crippen LogP contribution in [-0.4, -0.2) is 25.6 Å². The van der Waals surface area contributed by atoms with Crippen LogP contribution in [0.15, 0.2) is 24.3 Å². The third-order valence-electron chi connectivity index (χ3n) is 4.25. The Hall–Kier alpha value is -1.55. The van der Waals surface area contributed by atoms with E-state index in [0.29, 0.717) is 6.54 Å². The third-order valence-corrected chi connectivity index (χ3v) is 4.25. The van der Waals surface area contributed by atoms with Gasteiger partial charge in [-0.15, -0.1) is 0 Å². The summed E-state index contributed by atoms with van der Waals surface area (Å²) in [5, 5.41) is 3.00. The van der Waals surface area contributed by atoms with Crippen molar-refractivity contribution in [2.24, 2.45) is 5.73 Å². The Labute approximate surface area is 120 Å². The van der Waals surface area contributed by atoms with E-state index in [4.69, 9.17) is 10.5 Å².